The van der Waals surface area contributed by atoms with Gasteiger partial charge in [0.1, 0.15) is 11.7 Å². The number of rotatable bonds is 4. The van der Waals surface area contributed by atoms with Gasteiger partial charge in [0.05, 0.1) is 27.9 Å². The fourth-order valence-corrected chi connectivity index (χ4v) is 3.29. The Labute approximate surface area is 167 Å². The summed E-state index contributed by atoms with van der Waals surface area (Å²) < 4.78 is 56.4. The summed E-state index contributed by atoms with van der Waals surface area (Å²) in [7, 11) is 0. The van der Waals surface area contributed by atoms with E-state index >= 15 is 0 Å². The van der Waals surface area contributed by atoms with E-state index in [1.807, 2.05) is 0 Å². The molecule has 0 atom stereocenters. The molecular formula is C21H12F4N3O2. The first-order chi connectivity index (χ1) is 14.3. The minimum Gasteiger partial charge on any atom is -0.258 e. The highest BCUT2D eigenvalue weighted by atomic mass is 19.4. The minimum atomic E-state index is -4.83. The number of hydrogen-bond acceptors (Lipinski definition) is 3. The predicted molar refractivity (Wildman–Crippen MR) is 102 cm³/mol. The van der Waals surface area contributed by atoms with E-state index < -0.39 is 34.1 Å². The fourth-order valence-electron chi connectivity index (χ4n) is 3.29. The van der Waals surface area contributed by atoms with Gasteiger partial charge in [-0.05, 0) is 42.0 Å². The second-order valence-electron chi connectivity index (χ2n) is 6.45. The molecular weight excluding hydrogens is 402 g/mol. The standard InChI is InChI=1S/C21H12F4N3O2/c22-15-6-8-16(9-7-15)27-18-10-5-13(11-14(18)12-26-27)20(21(23,24)25)17-3-1-2-4-19(17)28(29)30/h1-12H. The van der Waals surface area contributed by atoms with Crippen molar-refractivity contribution in [2.45, 2.75) is 6.18 Å². The quantitative estimate of drug-likeness (QED) is 0.248. The normalized spacial score (nSPS) is 11.9. The second kappa shape index (κ2) is 7.25. The van der Waals surface area contributed by atoms with Crippen molar-refractivity contribution in [1.82, 2.24) is 9.78 Å². The topological polar surface area (TPSA) is 61.0 Å². The highest BCUT2D eigenvalue weighted by Gasteiger charge is 2.46. The zero-order valence-electron chi connectivity index (χ0n) is 15.1. The average Bonchev–Trinajstić information content (AvgIpc) is 3.11. The minimum absolute atomic E-state index is 0.219. The third-order valence-electron chi connectivity index (χ3n) is 4.58. The van der Waals surface area contributed by atoms with Crippen molar-refractivity contribution < 1.29 is 22.5 Å². The maximum absolute atomic E-state index is 13.9. The van der Waals surface area contributed by atoms with Gasteiger partial charge >= 0.3 is 6.18 Å². The summed E-state index contributed by atoms with van der Waals surface area (Å²) in [5, 5.41) is 15.8. The van der Waals surface area contributed by atoms with Crippen LogP contribution in [0, 0.1) is 21.8 Å². The highest BCUT2D eigenvalue weighted by Crippen LogP contribution is 2.43. The van der Waals surface area contributed by atoms with Gasteiger partial charge in [0.15, 0.2) is 0 Å². The molecule has 4 rings (SSSR count). The van der Waals surface area contributed by atoms with Gasteiger partial charge in [0, 0.05) is 11.5 Å². The summed E-state index contributed by atoms with van der Waals surface area (Å²) in [6, 6.07) is 14.2. The number of benzene rings is 3. The summed E-state index contributed by atoms with van der Waals surface area (Å²) >= 11 is 0. The Hall–Kier alpha value is -3.75. The molecule has 0 unspecified atom stereocenters. The molecule has 30 heavy (non-hydrogen) atoms. The van der Waals surface area contributed by atoms with Crippen LogP contribution in [0.4, 0.5) is 23.2 Å². The van der Waals surface area contributed by atoms with Crippen molar-refractivity contribution in [1.29, 1.82) is 0 Å². The monoisotopic (exact) mass is 414 g/mol. The smallest absolute Gasteiger partial charge is 0.258 e. The van der Waals surface area contributed by atoms with Crippen LogP contribution in [0.3, 0.4) is 0 Å². The molecule has 0 N–H and O–H groups in total. The molecule has 0 amide bonds. The molecule has 0 fully saturated rings. The van der Waals surface area contributed by atoms with E-state index in [-0.39, 0.29) is 5.56 Å². The van der Waals surface area contributed by atoms with Crippen LogP contribution in [0.1, 0.15) is 11.1 Å². The lowest BCUT2D eigenvalue weighted by Crippen LogP contribution is -2.23. The summed E-state index contributed by atoms with van der Waals surface area (Å²) in [5.41, 5.74) is -0.317. The lowest BCUT2D eigenvalue weighted by molar-refractivity contribution is -0.385. The molecule has 151 valence electrons. The third kappa shape index (κ3) is 3.49. The first-order valence-corrected chi connectivity index (χ1v) is 8.68. The highest BCUT2D eigenvalue weighted by molar-refractivity contribution is 5.82. The summed E-state index contributed by atoms with van der Waals surface area (Å²) in [5.74, 6) is -1.53. The van der Waals surface area contributed by atoms with Crippen molar-refractivity contribution >= 4 is 16.6 Å². The molecule has 1 aromatic heterocycles. The van der Waals surface area contributed by atoms with Gasteiger partial charge in [-0.15, -0.1) is 0 Å². The number of halogens is 4. The first kappa shape index (κ1) is 19.6. The van der Waals surface area contributed by atoms with E-state index in [0.717, 1.165) is 12.1 Å². The van der Waals surface area contributed by atoms with Crippen molar-refractivity contribution in [3.8, 4) is 5.69 Å². The number of para-hydroxylation sites is 1. The largest absolute Gasteiger partial charge is 0.404 e. The Bertz CT molecular complexity index is 1230. The molecule has 0 spiro atoms. The molecule has 9 heteroatoms. The molecule has 5 nitrogen and oxygen atoms in total. The van der Waals surface area contributed by atoms with Crippen molar-refractivity contribution in [2.24, 2.45) is 0 Å². The number of nitrogens with zero attached hydrogens (tertiary/aromatic N) is 3. The van der Waals surface area contributed by atoms with Gasteiger partial charge in [0.25, 0.3) is 5.69 Å². The SMILES string of the molecule is O=[N+]([O-])c1ccccc1[C](c1ccc2c(cnn2-c2ccc(F)cc2)c1)C(F)(F)F. The third-order valence-corrected chi connectivity index (χ3v) is 4.58. The van der Waals surface area contributed by atoms with Gasteiger partial charge < -0.3 is 0 Å². The zero-order chi connectivity index (χ0) is 21.5. The number of hydrogen-bond donors (Lipinski definition) is 0. The van der Waals surface area contributed by atoms with Gasteiger partial charge in [-0.1, -0.05) is 24.3 Å². The van der Waals surface area contributed by atoms with Crippen LogP contribution in [0.25, 0.3) is 16.6 Å². The van der Waals surface area contributed by atoms with Crippen molar-refractivity contribution in [3.63, 3.8) is 0 Å². The zero-order valence-corrected chi connectivity index (χ0v) is 15.1. The van der Waals surface area contributed by atoms with Crippen LogP contribution < -0.4 is 0 Å². The molecule has 0 aliphatic rings. The van der Waals surface area contributed by atoms with Crippen molar-refractivity contribution in [2.75, 3.05) is 0 Å². The number of nitro benzene ring substituents is 1. The molecule has 0 aliphatic heterocycles. The molecule has 0 saturated heterocycles. The predicted octanol–water partition coefficient (Wildman–Crippen LogP) is 5.61. The van der Waals surface area contributed by atoms with E-state index in [1.165, 1.54) is 65.5 Å². The molecule has 4 aromatic rings. The number of fused-ring (bicyclic) bond motifs is 1. The Morgan fingerprint density at radius 2 is 1.70 bits per heavy atom. The Balaban J connectivity index is 1.84. The molecule has 0 aliphatic carbocycles. The van der Waals surface area contributed by atoms with Gasteiger partial charge in [-0.2, -0.15) is 18.3 Å². The molecule has 0 bridgehead atoms. The molecule has 1 heterocycles. The average molecular weight is 414 g/mol. The summed E-state index contributed by atoms with van der Waals surface area (Å²) in [6.45, 7) is 0. The number of aromatic nitrogens is 2. The first-order valence-electron chi connectivity index (χ1n) is 8.68. The Morgan fingerprint density at radius 3 is 2.37 bits per heavy atom. The maximum atomic E-state index is 13.9. The van der Waals surface area contributed by atoms with Crippen LogP contribution >= 0.6 is 0 Å². The van der Waals surface area contributed by atoms with Gasteiger partial charge in [-0.25, -0.2) is 9.07 Å². The summed E-state index contributed by atoms with van der Waals surface area (Å²) in [4.78, 5) is 10.4. The lowest BCUT2D eigenvalue weighted by atomic mass is 9.89. The number of nitro groups is 1. The van der Waals surface area contributed by atoms with Crippen LogP contribution in [-0.4, -0.2) is 20.9 Å². The van der Waals surface area contributed by atoms with Crippen LogP contribution in [0.5, 0.6) is 0 Å². The summed E-state index contributed by atoms with van der Waals surface area (Å²) in [6.07, 6.45) is -3.44. The van der Waals surface area contributed by atoms with E-state index in [9.17, 15) is 27.7 Å². The van der Waals surface area contributed by atoms with E-state index in [1.54, 1.807) is 0 Å². The van der Waals surface area contributed by atoms with E-state index in [0.29, 0.717) is 16.6 Å². The fraction of sp³-hybridized carbons (Fsp3) is 0.0476. The van der Waals surface area contributed by atoms with Gasteiger partial charge in [0.2, 0.25) is 0 Å². The van der Waals surface area contributed by atoms with Crippen LogP contribution in [0.2, 0.25) is 0 Å². The van der Waals surface area contributed by atoms with E-state index in [2.05, 4.69) is 5.10 Å². The second-order valence-corrected chi connectivity index (χ2v) is 6.45. The molecule has 1 radical (unpaired) electrons. The van der Waals surface area contributed by atoms with Crippen molar-refractivity contribution in [3.05, 3.63) is 106 Å². The Kier molecular flexibility index (Phi) is 4.73. The molecule has 3 aromatic carbocycles. The van der Waals surface area contributed by atoms with E-state index in [4.69, 9.17) is 0 Å². The van der Waals surface area contributed by atoms with Crippen LogP contribution in [-0.2, 0) is 0 Å². The maximum Gasteiger partial charge on any atom is 0.404 e. The Morgan fingerprint density at radius 1 is 1.00 bits per heavy atom. The molecule has 0 saturated carbocycles. The van der Waals surface area contributed by atoms with Gasteiger partial charge in [-0.3, -0.25) is 10.1 Å². The number of alkyl halides is 3. The van der Waals surface area contributed by atoms with Crippen LogP contribution in [0.15, 0.2) is 72.9 Å². The lowest BCUT2D eigenvalue weighted by Gasteiger charge is -2.20.